The van der Waals surface area contributed by atoms with E-state index in [1.165, 1.54) is 12.1 Å². The SMILES string of the molecule is CC1=C(C(=O)OCCc2ccccc2)[C@@H](c2ccc(C(F)(F)F)cc2)C2=C(CCCC2=O)N1. The largest absolute Gasteiger partial charge is 0.462 e. The second kappa shape index (κ2) is 9.25. The Bertz CT molecular complexity index is 1120. The van der Waals surface area contributed by atoms with E-state index >= 15 is 0 Å². The number of allylic oxidation sites excluding steroid dienone is 3. The highest BCUT2D eigenvalue weighted by atomic mass is 19.4. The van der Waals surface area contributed by atoms with Gasteiger partial charge in [-0.3, -0.25) is 4.79 Å². The zero-order chi connectivity index (χ0) is 23.6. The van der Waals surface area contributed by atoms with Crippen molar-refractivity contribution in [3.05, 3.63) is 93.8 Å². The van der Waals surface area contributed by atoms with Gasteiger partial charge in [-0.2, -0.15) is 13.2 Å². The summed E-state index contributed by atoms with van der Waals surface area (Å²) in [5, 5.41) is 3.18. The van der Waals surface area contributed by atoms with Crippen molar-refractivity contribution in [3.63, 3.8) is 0 Å². The van der Waals surface area contributed by atoms with Gasteiger partial charge < -0.3 is 10.1 Å². The Morgan fingerprint density at radius 3 is 2.42 bits per heavy atom. The first-order valence-electron chi connectivity index (χ1n) is 10.9. The number of benzene rings is 2. The third-order valence-corrected chi connectivity index (χ3v) is 6.03. The van der Waals surface area contributed by atoms with Gasteiger partial charge in [0.15, 0.2) is 5.78 Å². The van der Waals surface area contributed by atoms with Crippen molar-refractivity contribution < 1.29 is 27.5 Å². The highest BCUT2D eigenvalue weighted by Crippen LogP contribution is 2.43. The van der Waals surface area contributed by atoms with Crippen LogP contribution in [0.2, 0.25) is 0 Å². The van der Waals surface area contributed by atoms with Crippen molar-refractivity contribution in [1.82, 2.24) is 5.32 Å². The number of alkyl halides is 3. The second-order valence-electron chi connectivity index (χ2n) is 8.26. The Kier molecular flexibility index (Phi) is 6.40. The van der Waals surface area contributed by atoms with Crippen LogP contribution in [-0.4, -0.2) is 18.4 Å². The zero-order valence-electron chi connectivity index (χ0n) is 18.2. The molecule has 1 N–H and O–H groups in total. The Hall–Kier alpha value is -3.35. The number of halogens is 3. The predicted molar refractivity (Wildman–Crippen MR) is 117 cm³/mol. The van der Waals surface area contributed by atoms with Gasteiger partial charge in [-0.25, -0.2) is 4.79 Å². The van der Waals surface area contributed by atoms with Crippen LogP contribution in [0.3, 0.4) is 0 Å². The summed E-state index contributed by atoms with van der Waals surface area (Å²) in [5.74, 6) is -1.44. The molecule has 1 aliphatic heterocycles. The van der Waals surface area contributed by atoms with Gasteiger partial charge in [0.1, 0.15) is 0 Å². The van der Waals surface area contributed by atoms with E-state index in [2.05, 4.69) is 5.32 Å². The summed E-state index contributed by atoms with van der Waals surface area (Å²) in [4.78, 5) is 26.0. The maximum atomic E-state index is 13.2. The van der Waals surface area contributed by atoms with Gasteiger partial charge in [0.25, 0.3) is 0 Å². The molecular weight excluding hydrogens is 431 g/mol. The molecule has 0 saturated carbocycles. The summed E-state index contributed by atoms with van der Waals surface area (Å²) in [6.45, 7) is 1.88. The maximum absolute atomic E-state index is 13.2. The maximum Gasteiger partial charge on any atom is 0.416 e. The summed E-state index contributed by atoms with van der Waals surface area (Å²) < 4.78 is 44.8. The summed E-state index contributed by atoms with van der Waals surface area (Å²) >= 11 is 0. The highest BCUT2D eigenvalue weighted by Gasteiger charge is 2.39. The van der Waals surface area contributed by atoms with Crippen LogP contribution in [0.5, 0.6) is 0 Å². The standard InChI is InChI=1S/C26H24F3NO3/c1-16-22(25(32)33-15-14-17-6-3-2-4-7-17)23(24-20(30-16)8-5-9-21(24)31)18-10-12-19(13-11-18)26(27,28)29/h2-4,6-7,10-13,23,30H,5,8-9,14-15H2,1H3/t23-/m1/s1. The molecule has 4 rings (SSSR count). The van der Waals surface area contributed by atoms with Crippen LogP contribution in [0.1, 0.15) is 48.8 Å². The van der Waals surface area contributed by atoms with Crippen molar-refractivity contribution in [1.29, 1.82) is 0 Å². The number of hydrogen-bond acceptors (Lipinski definition) is 4. The molecule has 0 fully saturated rings. The van der Waals surface area contributed by atoms with Crippen LogP contribution < -0.4 is 5.32 Å². The number of rotatable bonds is 5. The van der Waals surface area contributed by atoms with E-state index in [1.807, 2.05) is 30.3 Å². The molecule has 2 aromatic carbocycles. The minimum absolute atomic E-state index is 0.101. The van der Waals surface area contributed by atoms with E-state index in [9.17, 15) is 22.8 Å². The van der Waals surface area contributed by atoms with Gasteiger partial charge in [0, 0.05) is 35.7 Å². The fraction of sp³-hybridized carbons (Fsp3) is 0.308. The molecule has 0 radical (unpaired) electrons. The van der Waals surface area contributed by atoms with Gasteiger partial charge in [0.2, 0.25) is 0 Å². The molecule has 2 aliphatic rings. The number of dihydropyridines is 1. The molecular formula is C26H24F3NO3. The van der Waals surface area contributed by atoms with E-state index in [0.717, 1.165) is 23.4 Å². The van der Waals surface area contributed by atoms with Crippen molar-refractivity contribution in [2.75, 3.05) is 6.61 Å². The molecule has 0 unspecified atom stereocenters. The first-order valence-corrected chi connectivity index (χ1v) is 10.9. The van der Waals surface area contributed by atoms with Gasteiger partial charge in [-0.1, -0.05) is 42.5 Å². The van der Waals surface area contributed by atoms with Crippen molar-refractivity contribution in [2.24, 2.45) is 0 Å². The molecule has 1 aliphatic carbocycles. The number of esters is 1. The smallest absolute Gasteiger partial charge is 0.416 e. The lowest BCUT2D eigenvalue weighted by molar-refractivity contribution is -0.139. The summed E-state index contributed by atoms with van der Waals surface area (Å²) in [7, 11) is 0. The van der Waals surface area contributed by atoms with Crippen LogP contribution in [0.4, 0.5) is 13.2 Å². The van der Waals surface area contributed by atoms with Gasteiger partial charge >= 0.3 is 12.1 Å². The highest BCUT2D eigenvalue weighted by molar-refractivity contribution is 6.03. The topological polar surface area (TPSA) is 55.4 Å². The molecule has 0 saturated heterocycles. The summed E-state index contributed by atoms with van der Waals surface area (Å²) in [6, 6.07) is 14.2. The molecule has 33 heavy (non-hydrogen) atoms. The first-order chi connectivity index (χ1) is 15.8. The van der Waals surface area contributed by atoms with Gasteiger partial charge in [0.05, 0.1) is 17.7 Å². The molecule has 2 aromatic rings. The molecule has 0 spiro atoms. The van der Waals surface area contributed by atoms with Crippen molar-refractivity contribution in [3.8, 4) is 0 Å². The third-order valence-electron chi connectivity index (χ3n) is 6.03. The summed E-state index contributed by atoms with van der Waals surface area (Å²) in [6.07, 6.45) is -2.26. The first kappa shape index (κ1) is 22.8. The van der Waals surface area contributed by atoms with Gasteiger partial charge in [-0.05, 0) is 43.0 Å². The molecule has 172 valence electrons. The number of carbonyl (C=O) groups excluding carboxylic acids is 2. The lowest BCUT2D eigenvalue weighted by Crippen LogP contribution is -2.34. The minimum Gasteiger partial charge on any atom is -0.462 e. The van der Waals surface area contributed by atoms with E-state index in [-0.39, 0.29) is 18.0 Å². The molecule has 0 amide bonds. The number of hydrogen-bond donors (Lipinski definition) is 1. The number of Topliss-reactive ketones (excluding diaryl/α,β-unsaturated/α-hetero) is 1. The number of ether oxygens (including phenoxy) is 1. The monoisotopic (exact) mass is 455 g/mol. The molecule has 1 atom stereocenters. The normalized spacial score (nSPS) is 18.7. The lowest BCUT2D eigenvalue weighted by Gasteiger charge is -2.34. The molecule has 4 nitrogen and oxygen atoms in total. The van der Waals surface area contributed by atoms with E-state index < -0.39 is 23.6 Å². The second-order valence-corrected chi connectivity index (χ2v) is 8.26. The van der Waals surface area contributed by atoms with E-state index in [0.29, 0.717) is 42.5 Å². The van der Waals surface area contributed by atoms with Crippen LogP contribution in [0.25, 0.3) is 0 Å². The van der Waals surface area contributed by atoms with E-state index in [4.69, 9.17) is 4.74 Å². The van der Waals surface area contributed by atoms with E-state index in [1.54, 1.807) is 6.92 Å². The fourth-order valence-corrected chi connectivity index (χ4v) is 4.44. The van der Waals surface area contributed by atoms with Crippen molar-refractivity contribution >= 4 is 11.8 Å². The summed E-state index contributed by atoms with van der Waals surface area (Å²) in [5.41, 5.74) is 2.69. The molecule has 0 bridgehead atoms. The number of ketones is 1. The molecule has 0 aromatic heterocycles. The molecule has 7 heteroatoms. The number of nitrogens with one attached hydrogen (secondary N) is 1. The quantitative estimate of drug-likeness (QED) is 0.609. The minimum atomic E-state index is -4.47. The lowest BCUT2D eigenvalue weighted by atomic mass is 9.75. The Morgan fingerprint density at radius 2 is 1.76 bits per heavy atom. The number of carbonyl (C=O) groups is 2. The van der Waals surface area contributed by atoms with Crippen LogP contribution >= 0.6 is 0 Å². The Labute approximate surface area is 190 Å². The van der Waals surface area contributed by atoms with Crippen LogP contribution in [0.15, 0.2) is 77.1 Å². The van der Waals surface area contributed by atoms with Crippen LogP contribution in [0, 0.1) is 0 Å². The Balaban J connectivity index is 1.65. The zero-order valence-corrected chi connectivity index (χ0v) is 18.2. The predicted octanol–water partition coefficient (Wildman–Crippen LogP) is 5.46. The fourth-order valence-electron chi connectivity index (χ4n) is 4.44. The van der Waals surface area contributed by atoms with Crippen LogP contribution in [-0.2, 0) is 26.9 Å². The Morgan fingerprint density at radius 1 is 1.06 bits per heavy atom. The molecule has 1 heterocycles. The average Bonchev–Trinajstić information content (AvgIpc) is 2.78. The van der Waals surface area contributed by atoms with Gasteiger partial charge in [-0.15, -0.1) is 0 Å². The van der Waals surface area contributed by atoms with Crippen molar-refractivity contribution in [2.45, 2.75) is 44.7 Å². The average molecular weight is 455 g/mol. The third kappa shape index (κ3) is 4.87.